The van der Waals surface area contributed by atoms with Crippen LogP contribution in [0.15, 0.2) is 59.4 Å². The number of carbonyl (C=O) groups excluding carboxylic acids is 1. The summed E-state index contributed by atoms with van der Waals surface area (Å²) >= 11 is 0. The number of aliphatic hydroxyl groups is 1. The lowest BCUT2D eigenvalue weighted by atomic mass is 10.1. The lowest BCUT2D eigenvalue weighted by Crippen LogP contribution is -2.30. The minimum absolute atomic E-state index is 0.204. The summed E-state index contributed by atoms with van der Waals surface area (Å²) in [7, 11) is 0. The van der Waals surface area contributed by atoms with Crippen molar-refractivity contribution in [1.82, 2.24) is 9.78 Å². The third-order valence-corrected chi connectivity index (χ3v) is 4.28. The fourth-order valence-electron chi connectivity index (χ4n) is 2.58. The molecular weight excluding hydrogens is 385 g/mol. The number of aryl methyl sites for hydroxylation is 1. The standard InChI is InChI=1S/C18H14FN3O2.C5H12O/c1-11-5-7-12(8-6-11)16-10-15(17(20)23)18(24)22(21-16)14-4-2-3-13(19)9-14;1-5(2)3-4-6/h2-10H,1H3,(H2,20,23);5-6H,3-4H2,1-2H3. The molecule has 3 N–H and O–H groups in total. The van der Waals surface area contributed by atoms with E-state index in [2.05, 4.69) is 18.9 Å². The summed E-state index contributed by atoms with van der Waals surface area (Å²) in [4.78, 5) is 24.1. The highest BCUT2D eigenvalue weighted by Gasteiger charge is 2.15. The topological polar surface area (TPSA) is 98.2 Å². The Morgan fingerprint density at radius 3 is 2.33 bits per heavy atom. The molecule has 0 aliphatic rings. The largest absolute Gasteiger partial charge is 0.396 e. The summed E-state index contributed by atoms with van der Waals surface area (Å²) < 4.78 is 14.5. The second kappa shape index (κ2) is 10.5. The van der Waals surface area contributed by atoms with E-state index < -0.39 is 17.3 Å². The molecule has 0 saturated carbocycles. The van der Waals surface area contributed by atoms with E-state index >= 15 is 0 Å². The first kappa shape index (κ1) is 23.0. The van der Waals surface area contributed by atoms with E-state index in [0.717, 1.165) is 22.7 Å². The van der Waals surface area contributed by atoms with Crippen LogP contribution < -0.4 is 11.3 Å². The Balaban J connectivity index is 0.000000469. The number of rotatable bonds is 5. The number of aromatic nitrogens is 2. The fourth-order valence-corrected chi connectivity index (χ4v) is 2.58. The first-order chi connectivity index (χ1) is 14.2. The lowest BCUT2D eigenvalue weighted by Gasteiger charge is -2.10. The molecule has 3 rings (SSSR count). The van der Waals surface area contributed by atoms with Crippen molar-refractivity contribution in [3.05, 3.63) is 81.9 Å². The SMILES string of the molecule is CC(C)CCO.Cc1ccc(-c2cc(C(N)=O)c(=O)n(-c3cccc(F)c3)n2)cc1. The number of halogens is 1. The van der Waals surface area contributed by atoms with Gasteiger partial charge < -0.3 is 10.8 Å². The molecule has 0 aliphatic carbocycles. The molecule has 0 aliphatic heterocycles. The monoisotopic (exact) mass is 411 g/mol. The van der Waals surface area contributed by atoms with Crippen LogP contribution in [-0.4, -0.2) is 27.4 Å². The van der Waals surface area contributed by atoms with E-state index in [1.54, 1.807) is 0 Å². The van der Waals surface area contributed by atoms with Crippen molar-refractivity contribution in [2.45, 2.75) is 27.2 Å². The Labute approximate surface area is 174 Å². The number of primary amides is 1. The molecule has 2 aromatic carbocycles. The van der Waals surface area contributed by atoms with Gasteiger partial charge in [-0.25, -0.2) is 4.39 Å². The molecule has 30 heavy (non-hydrogen) atoms. The number of nitrogens with two attached hydrogens (primary N) is 1. The molecule has 3 aromatic rings. The zero-order chi connectivity index (χ0) is 22.3. The normalized spacial score (nSPS) is 10.5. The molecule has 1 aromatic heterocycles. The Hall–Kier alpha value is -3.32. The molecule has 0 unspecified atom stereocenters. The maximum absolute atomic E-state index is 13.5. The van der Waals surface area contributed by atoms with Gasteiger partial charge in [-0.1, -0.05) is 49.7 Å². The van der Waals surface area contributed by atoms with E-state index in [4.69, 9.17) is 10.8 Å². The van der Waals surface area contributed by atoms with Crippen molar-refractivity contribution in [3.63, 3.8) is 0 Å². The van der Waals surface area contributed by atoms with Gasteiger partial charge in [0.25, 0.3) is 11.5 Å². The summed E-state index contributed by atoms with van der Waals surface area (Å²) in [6.45, 7) is 6.46. The molecule has 0 saturated heterocycles. The second-order valence-electron chi connectivity index (χ2n) is 7.28. The zero-order valence-corrected chi connectivity index (χ0v) is 17.3. The van der Waals surface area contributed by atoms with Crippen LogP contribution in [-0.2, 0) is 0 Å². The van der Waals surface area contributed by atoms with Crippen molar-refractivity contribution in [2.75, 3.05) is 6.61 Å². The zero-order valence-electron chi connectivity index (χ0n) is 17.3. The van der Waals surface area contributed by atoms with Crippen LogP contribution in [0.4, 0.5) is 4.39 Å². The molecular formula is C23H26FN3O3. The van der Waals surface area contributed by atoms with Gasteiger partial charge >= 0.3 is 0 Å². The second-order valence-corrected chi connectivity index (χ2v) is 7.28. The number of hydrogen-bond donors (Lipinski definition) is 2. The summed E-state index contributed by atoms with van der Waals surface area (Å²) in [6.07, 6.45) is 0.931. The smallest absolute Gasteiger partial charge is 0.284 e. The van der Waals surface area contributed by atoms with Crippen molar-refractivity contribution >= 4 is 5.91 Å². The van der Waals surface area contributed by atoms with E-state index in [1.165, 1.54) is 24.3 Å². The van der Waals surface area contributed by atoms with Gasteiger partial charge in [0.15, 0.2) is 0 Å². The highest BCUT2D eigenvalue weighted by molar-refractivity contribution is 5.93. The van der Waals surface area contributed by atoms with Gasteiger partial charge in [-0.15, -0.1) is 0 Å². The number of benzene rings is 2. The van der Waals surface area contributed by atoms with Crippen molar-refractivity contribution in [2.24, 2.45) is 11.7 Å². The van der Waals surface area contributed by atoms with Crippen LogP contribution in [0.2, 0.25) is 0 Å². The molecule has 1 amide bonds. The summed E-state index contributed by atoms with van der Waals surface area (Å²) in [5.74, 6) is -0.724. The molecule has 0 atom stereocenters. The first-order valence-electron chi connectivity index (χ1n) is 9.61. The van der Waals surface area contributed by atoms with Crippen LogP contribution in [0.3, 0.4) is 0 Å². The number of amides is 1. The third kappa shape index (κ3) is 6.09. The molecule has 1 heterocycles. The number of aliphatic hydroxyl groups excluding tert-OH is 1. The molecule has 0 radical (unpaired) electrons. The van der Waals surface area contributed by atoms with Gasteiger partial charge in [-0.2, -0.15) is 9.78 Å². The fraction of sp³-hybridized carbons (Fsp3) is 0.261. The summed E-state index contributed by atoms with van der Waals surface area (Å²) in [6, 6.07) is 14.2. The van der Waals surface area contributed by atoms with E-state index in [0.29, 0.717) is 23.8 Å². The van der Waals surface area contributed by atoms with Crippen LogP contribution in [0.1, 0.15) is 36.2 Å². The quantitative estimate of drug-likeness (QED) is 0.672. The van der Waals surface area contributed by atoms with E-state index in [1.807, 2.05) is 31.2 Å². The van der Waals surface area contributed by atoms with Gasteiger partial charge in [0, 0.05) is 12.2 Å². The Kier molecular flexibility index (Phi) is 8.00. The highest BCUT2D eigenvalue weighted by atomic mass is 19.1. The molecule has 0 fully saturated rings. The van der Waals surface area contributed by atoms with Crippen molar-refractivity contribution < 1.29 is 14.3 Å². The predicted octanol–water partition coefficient (Wildman–Crippen LogP) is 3.47. The van der Waals surface area contributed by atoms with Crippen LogP contribution in [0.25, 0.3) is 16.9 Å². The summed E-state index contributed by atoms with van der Waals surface area (Å²) in [5, 5.41) is 12.5. The van der Waals surface area contributed by atoms with Gasteiger partial charge in [-0.3, -0.25) is 9.59 Å². The predicted molar refractivity (Wildman–Crippen MR) is 115 cm³/mol. The van der Waals surface area contributed by atoms with Crippen LogP contribution in [0, 0.1) is 18.7 Å². The van der Waals surface area contributed by atoms with Crippen molar-refractivity contribution in [1.29, 1.82) is 0 Å². The summed E-state index contributed by atoms with van der Waals surface area (Å²) in [5.41, 5.74) is 6.81. The van der Waals surface area contributed by atoms with Gasteiger partial charge in [0.1, 0.15) is 11.4 Å². The molecule has 0 bridgehead atoms. The molecule has 0 spiro atoms. The van der Waals surface area contributed by atoms with Gasteiger partial charge in [0.2, 0.25) is 0 Å². The maximum atomic E-state index is 13.5. The maximum Gasteiger partial charge on any atom is 0.284 e. The average molecular weight is 411 g/mol. The Bertz CT molecular complexity index is 1060. The van der Waals surface area contributed by atoms with Gasteiger partial charge in [-0.05, 0) is 43.5 Å². The average Bonchev–Trinajstić information content (AvgIpc) is 2.69. The van der Waals surface area contributed by atoms with Crippen molar-refractivity contribution in [3.8, 4) is 16.9 Å². The Morgan fingerprint density at radius 2 is 1.83 bits per heavy atom. The molecule has 7 heteroatoms. The Morgan fingerprint density at radius 1 is 1.17 bits per heavy atom. The van der Waals surface area contributed by atoms with E-state index in [-0.39, 0.29) is 11.3 Å². The highest BCUT2D eigenvalue weighted by Crippen LogP contribution is 2.18. The number of nitrogens with zero attached hydrogens (tertiary/aromatic N) is 2. The third-order valence-electron chi connectivity index (χ3n) is 4.28. The van der Waals surface area contributed by atoms with Crippen LogP contribution >= 0.6 is 0 Å². The minimum atomic E-state index is -0.860. The lowest BCUT2D eigenvalue weighted by molar-refractivity contribution is 0.0998. The molecule has 158 valence electrons. The first-order valence-corrected chi connectivity index (χ1v) is 9.61. The van der Waals surface area contributed by atoms with Gasteiger partial charge in [0.05, 0.1) is 11.4 Å². The number of hydrogen-bond acceptors (Lipinski definition) is 4. The van der Waals surface area contributed by atoms with Crippen LogP contribution in [0.5, 0.6) is 0 Å². The van der Waals surface area contributed by atoms with E-state index in [9.17, 15) is 14.0 Å². The minimum Gasteiger partial charge on any atom is -0.396 e. The molecule has 6 nitrogen and oxygen atoms in total. The number of carbonyl (C=O) groups is 1.